The van der Waals surface area contributed by atoms with Crippen LogP contribution in [0.3, 0.4) is 0 Å². The molecule has 0 radical (unpaired) electrons. The van der Waals surface area contributed by atoms with Crippen LogP contribution in [0.15, 0.2) is 17.1 Å². The molecule has 1 saturated heterocycles. The van der Waals surface area contributed by atoms with Crippen LogP contribution in [0.5, 0.6) is 0 Å². The molecule has 82 valence electrons. The second kappa shape index (κ2) is 4.61. The summed E-state index contributed by atoms with van der Waals surface area (Å²) in [5.74, 6) is 1.85. The number of thioether (sulfide) groups is 2. The number of hydrogen-bond donors (Lipinski definition) is 1. The Morgan fingerprint density at radius 3 is 2.93 bits per heavy atom. The fraction of sp³-hybridized carbons (Fsp3) is 0.600. The Morgan fingerprint density at radius 2 is 2.27 bits per heavy atom. The van der Waals surface area contributed by atoms with Crippen molar-refractivity contribution in [1.29, 1.82) is 0 Å². The molecule has 3 atom stereocenters. The van der Waals surface area contributed by atoms with E-state index in [-0.39, 0.29) is 5.56 Å². The average Bonchev–Trinajstić information content (AvgIpc) is 2.22. The highest BCUT2D eigenvalue weighted by atomic mass is 32.2. The minimum absolute atomic E-state index is 0.0584. The van der Waals surface area contributed by atoms with Crippen molar-refractivity contribution in [2.75, 3.05) is 5.75 Å². The van der Waals surface area contributed by atoms with Crippen molar-refractivity contribution in [3.05, 3.63) is 28.4 Å². The zero-order valence-electron chi connectivity index (χ0n) is 8.77. The summed E-state index contributed by atoms with van der Waals surface area (Å²) in [6, 6.07) is 1.45. The minimum Gasteiger partial charge on any atom is -0.310 e. The average molecular weight is 242 g/mol. The maximum atomic E-state index is 11.2. The summed E-state index contributed by atoms with van der Waals surface area (Å²) in [6.45, 7) is 4.48. The lowest BCUT2D eigenvalue weighted by Crippen LogP contribution is -2.24. The molecule has 2 heterocycles. The van der Waals surface area contributed by atoms with E-state index in [1.54, 1.807) is 6.20 Å². The molecule has 1 fully saturated rings. The van der Waals surface area contributed by atoms with Crippen LogP contribution in [-0.2, 0) is 0 Å². The van der Waals surface area contributed by atoms with Crippen molar-refractivity contribution in [3.8, 4) is 0 Å². The second-order valence-electron chi connectivity index (χ2n) is 3.69. The summed E-state index contributed by atoms with van der Waals surface area (Å²) in [5.41, 5.74) is -0.0584. The van der Waals surface area contributed by atoms with Gasteiger partial charge in [0.05, 0.1) is 5.25 Å². The quantitative estimate of drug-likeness (QED) is 0.819. The predicted octanol–water partition coefficient (Wildman–Crippen LogP) is 2.07. The molecule has 2 rings (SSSR count). The van der Waals surface area contributed by atoms with Crippen molar-refractivity contribution in [3.63, 3.8) is 0 Å². The largest absolute Gasteiger partial charge is 0.310 e. The SMILES string of the molecule is CC1SCC(c2nccc(=O)[nH]2)SC1C. The summed E-state index contributed by atoms with van der Waals surface area (Å²) in [5, 5.41) is 1.62. The first-order valence-electron chi connectivity index (χ1n) is 4.99. The van der Waals surface area contributed by atoms with E-state index in [0.29, 0.717) is 15.7 Å². The zero-order valence-corrected chi connectivity index (χ0v) is 10.4. The van der Waals surface area contributed by atoms with Gasteiger partial charge in [-0.2, -0.15) is 11.8 Å². The van der Waals surface area contributed by atoms with Crippen LogP contribution in [0, 0.1) is 0 Å². The molecule has 15 heavy (non-hydrogen) atoms. The van der Waals surface area contributed by atoms with Crippen LogP contribution in [-0.4, -0.2) is 26.2 Å². The smallest absolute Gasteiger partial charge is 0.250 e. The Balaban J connectivity index is 2.15. The third-order valence-electron chi connectivity index (χ3n) is 2.55. The normalized spacial score (nSPS) is 31.5. The summed E-state index contributed by atoms with van der Waals surface area (Å²) in [7, 11) is 0. The number of nitrogens with one attached hydrogen (secondary N) is 1. The Labute approximate surface area is 97.5 Å². The van der Waals surface area contributed by atoms with E-state index < -0.39 is 0 Å². The van der Waals surface area contributed by atoms with Gasteiger partial charge < -0.3 is 4.98 Å². The van der Waals surface area contributed by atoms with Gasteiger partial charge in [0.1, 0.15) is 5.82 Å². The van der Waals surface area contributed by atoms with Gasteiger partial charge in [-0.15, -0.1) is 11.8 Å². The second-order valence-corrected chi connectivity index (χ2v) is 6.68. The molecule has 1 aliphatic heterocycles. The molecule has 3 unspecified atom stereocenters. The maximum Gasteiger partial charge on any atom is 0.250 e. The van der Waals surface area contributed by atoms with E-state index in [0.717, 1.165) is 11.6 Å². The van der Waals surface area contributed by atoms with E-state index in [2.05, 4.69) is 23.8 Å². The lowest BCUT2D eigenvalue weighted by atomic mass is 10.3. The molecule has 3 nitrogen and oxygen atoms in total. The van der Waals surface area contributed by atoms with Gasteiger partial charge in [-0.3, -0.25) is 4.79 Å². The van der Waals surface area contributed by atoms with Crippen molar-refractivity contribution < 1.29 is 0 Å². The minimum atomic E-state index is -0.0584. The van der Waals surface area contributed by atoms with Crippen molar-refractivity contribution in [2.24, 2.45) is 0 Å². The predicted molar refractivity (Wildman–Crippen MR) is 66.6 cm³/mol. The monoisotopic (exact) mass is 242 g/mol. The molecule has 0 saturated carbocycles. The molecule has 0 bridgehead atoms. The summed E-state index contributed by atoms with van der Waals surface area (Å²) >= 11 is 3.85. The van der Waals surface area contributed by atoms with Crippen LogP contribution < -0.4 is 5.56 Å². The highest BCUT2D eigenvalue weighted by Crippen LogP contribution is 2.42. The fourth-order valence-electron chi connectivity index (χ4n) is 1.48. The Bertz CT molecular complexity index is 393. The first-order chi connectivity index (χ1) is 7.16. The van der Waals surface area contributed by atoms with Gasteiger partial charge in [0, 0.05) is 28.5 Å². The fourth-order valence-corrected chi connectivity index (χ4v) is 4.35. The zero-order chi connectivity index (χ0) is 10.8. The molecule has 0 spiro atoms. The van der Waals surface area contributed by atoms with Gasteiger partial charge in [-0.25, -0.2) is 4.98 Å². The Hall–Kier alpha value is -0.420. The molecule has 1 aromatic heterocycles. The summed E-state index contributed by atoms with van der Waals surface area (Å²) in [6.07, 6.45) is 1.59. The molecule has 0 amide bonds. The first-order valence-corrected chi connectivity index (χ1v) is 6.98. The molecule has 0 aromatic carbocycles. The van der Waals surface area contributed by atoms with E-state index in [1.165, 1.54) is 6.07 Å². The van der Waals surface area contributed by atoms with Gasteiger partial charge in [0.2, 0.25) is 0 Å². The Morgan fingerprint density at radius 1 is 1.47 bits per heavy atom. The van der Waals surface area contributed by atoms with Gasteiger partial charge >= 0.3 is 0 Å². The topological polar surface area (TPSA) is 45.8 Å². The lowest BCUT2D eigenvalue weighted by Gasteiger charge is -2.30. The van der Waals surface area contributed by atoms with E-state index in [1.807, 2.05) is 23.5 Å². The molecule has 1 aromatic rings. The standard InChI is InChI=1S/C10H14N2OS2/c1-6-7(2)15-8(5-14-6)10-11-4-3-9(13)12-10/h3-4,6-8H,5H2,1-2H3,(H,11,12,13). The summed E-state index contributed by atoms with van der Waals surface area (Å²) < 4.78 is 0. The number of hydrogen-bond acceptors (Lipinski definition) is 4. The van der Waals surface area contributed by atoms with Gasteiger partial charge in [0.15, 0.2) is 0 Å². The highest BCUT2D eigenvalue weighted by molar-refractivity contribution is 8.07. The molecular formula is C10H14N2OS2. The highest BCUT2D eigenvalue weighted by Gasteiger charge is 2.27. The molecular weight excluding hydrogens is 228 g/mol. The number of rotatable bonds is 1. The third-order valence-corrected chi connectivity index (χ3v) is 5.95. The van der Waals surface area contributed by atoms with E-state index in [4.69, 9.17) is 0 Å². The molecule has 0 aliphatic carbocycles. The van der Waals surface area contributed by atoms with Gasteiger partial charge in [-0.05, 0) is 0 Å². The molecule has 1 N–H and O–H groups in total. The van der Waals surface area contributed by atoms with Crippen LogP contribution in [0.1, 0.15) is 24.9 Å². The van der Waals surface area contributed by atoms with E-state index >= 15 is 0 Å². The van der Waals surface area contributed by atoms with Crippen LogP contribution >= 0.6 is 23.5 Å². The van der Waals surface area contributed by atoms with E-state index in [9.17, 15) is 4.79 Å². The maximum absolute atomic E-state index is 11.2. The number of aromatic amines is 1. The number of H-pyrrole nitrogens is 1. The van der Waals surface area contributed by atoms with Crippen LogP contribution in [0.2, 0.25) is 0 Å². The van der Waals surface area contributed by atoms with Crippen molar-refractivity contribution in [2.45, 2.75) is 29.6 Å². The number of aromatic nitrogens is 2. The molecule has 1 aliphatic rings. The lowest BCUT2D eigenvalue weighted by molar-refractivity contribution is 0.852. The van der Waals surface area contributed by atoms with Gasteiger partial charge in [0.25, 0.3) is 5.56 Å². The van der Waals surface area contributed by atoms with Gasteiger partial charge in [-0.1, -0.05) is 13.8 Å². The van der Waals surface area contributed by atoms with Crippen molar-refractivity contribution in [1.82, 2.24) is 9.97 Å². The molecule has 5 heteroatoms. The first kappa shape index (κ1) is 11.1. The Kier molecular flexibility index (Phi) is 3.41. The summed E-state index contributed by atoms with van der Waals surface area (Å²) in [4.78, 5) is 18.2. The van der Waals surface area contributed by atoms with Crippen LogP contribution in [0.4, 0.5) is 0 Å². The third kappa shape index (κ3) is 2.58. The number of nitrogens with zero attached hydrogens (tertiary/aromatic N) is 1. The van der Waals surface area contributed by atoms with Crippen molar-refractivity contribution >= 4 is 23.5 Å². The van der Waals surface area contributed by atoms with Crippen LogP contribution in [0.25, 0.3) is 0 Å².